The van der Waals surface area contributed by atoms with Crippen molar-refractivity contribution in [2.24, 2.45) is 11.8 Å². The van der Waals surface area contributed by atoms with Gasteiger partial charge in [-0.05, 0) is 29.7 Å². The molecule has 1 aromatic carbocycles. The Balaban J connectivity index is 0.00000196. The molecular formula is C22H27BrN2O. The normalized spacial score (nSPS) is 31.2. The van der Waals surface area contributed by atoms with E-state index in [2.05, 4.69) is 30.3 Å². The van der Waals surface area contributed by atoms with Crippen molar-refractivity contribution in [1.82, 2.24) is 4.98 Å². The fourth-order valence-electron chi connectivity index (χ4n) is 5.26. The van der Waals surface area contributed by atoms with E-state index in [1.54, 1.807) is 0 Å². The Bertz CT molecular complexity index is 802. The van der Waals surface area contributed by atoms with Gasteiger partial charge in [0.05, 0.1) is 25.2 Å². The smallest absolute Gasteiger partial charge is 0.131 e. The molecule has 0 amide bonds. The van der Waals surface area contributed by atoms with Crippen LogP contribution in [0.1, 0.15) is 24.5 Å². The number of para-hydroxylation sites is 1. The van der Waals surface area contributed by atoms with Crippen LogP contribution in [0.5, 0.6) is 0 Å². The van der Waals surface area contributed by atoms with Crippen LogP contribution in [0.3, 0.4) is 0 Å². The van der Waals surface area contributed by atoms with Crippen LogP contribution in [0, 0.1) is 11.8 Å². The summed E-state index contributed by atoms with van der Waals surface area (Å²) in [6, 6.07) is 10.3. The quantitative estimate of drug-likeness (QED) is 0.581. The summed E-state index contributed by atoms with van der Waals surface area (Å²) in [6.45, 7) is 11.2. The Morgan fingerprint density at radius 1 is 1.27 bits per heavy atom. The van der Waals surface area contributed by atoms with Crippen molar-refractivity contribution >= 4 is 10.9 Å². The Hall–Kier alpha value is -1.49. The standard InChI is InChI=1S/C22H27N2O.BrH/c1-3-12-24-13-10-17(16(4-2)15-24)14-21(24)22(25)19-9-11-23-20-8-6-5-7-18(19)20;/h3-9,11,16-17,21-22,25H,1-2,10,12-15H2;1H/q+1;/p-1/t16-,17-,21-,22+,24?;/m0./s1. The average Bonchev–Trinajstić information content (AvgIpc) is 2.67. The summed E-state index contributed by atoms with van der Waals surface area (Å²) in [7, 11) is 0. The highest BCUT2D eigenvalue weighted by Gasteiger charge is 2.53. The van der Waals surface area contributed by atoms with Crippen LogP contribution in [0.4, 0.5) is 0 Å². The van der Waals surface area contributed by atoms with Gasteiger partial charge < -0.3 is 26.6 Å². The van der Waals surface area contributed by atoms with Crippen LogP contribution in [0.2, 0.25) is 0 Å². The van der Waals surface area contributed by atoms with Gasteiger partial charge in [-0.25, -0.2) is 0 Å². The first kappa shape index (κ1) is 19.3. The van der Waals surface area contributed by atoms with Crippen molar-refractivity contribution in [3.05, 3.63) is 67.4 Å². The summed E-state index contributed by atoms with van der Waals surface area (Å²) in [5.74, 6) is 1.21. The molecule has 3 saturated heterocycles. The van der Waals surface area contributed by atoms with Crippen molar-refractivity contribution in [2.45, 2.75) is 25.0 Å². The third-order valence-electron chi connectivity index (χ3n) is 6.53. The number of benzene rings is 1. The third-order valence-corrected chi connectivity index (χ3v) is 6.53. The molecule has 3 aliphatic heterocycles. The Labute approximate surface area is 166 Å². The molecule has 3 fully saturated rings. The Morgan fingerprint density at radius 2 is 2.08 bits per heavy atom. The maximum Gasteiger partial charge on any atom is 0.131 e. The molecule has 138 valence electrons. The number of aliphatic hydroxyl groups is 1. The molecule has 0 aliphatic carbocycles. The lowest BCUT2D eigenvalue weighted by Crippen LogP contribution is -3.00. The van der Waals surface area contributed by atoms with Gasteiger partial charge in [-0.2, -0.15) is 0 Å². The highest BCUT2D eigenvalue weighted by Crippen LogP contribution is 2.46. The van der Waals surface area contributed by atoms with Crippen molar-refractivity contribution in [3.63, 3.8) is 0 Å². The minimum atomic E-state index is -0.471. The van der Waals surface area contributed by atoms with E-state index in [0.717, 1.165) is 47.0 Å². The lowest BCUT2D eigenvalue weighted by molar-refractivity contribution is -0.968. The molecule has 5 rings (SSSR count). The van der Waals surface area contributed by atoms with Crippen LogP contribution in [-0.2, 0) is 0 Å². The second-order valence-corrected chi connectivity index (χ2v) is 7.71. The number of rotatable bonds is 5. The van der Waals surface area contributed by atoms with Crippen LogP contribution in [0.15, 0.2) is 61.8 Å². The van der Waals surface area contributed by atoms with Crippen molar-refractivity contribution in [3.8, 4) is 0 Å². The van der Waals surface area contributed by atoms with Gasteiger partial charge in [0.2, 0.25) is 0 Å². The number of pyridine rings is 1. The molecule has 2 bridgehead atoms. The fourth-order valence-corrected chi connectivity index (χ4v) is 5.26. The third kappa shape index (κ3) is 3.04. The first-order valence-corrected chi connectivity index (χ1v) is 9.29. The molecular weight excluding hydrogens is 388 g/mol. The number of hydrogen-bond acceptors (Lipinski definition) is 2. The van der Waals surface area contributed by atoms with Gasteiger partial charge in [-0.3, -0.25) is 4.98 Å². The first-order chi connectivity index (χ1) is 12.2. The zero-order chi connectivity index (χ0) is 17.4. The molecule has 1 aromatic heterocycles. The van der Waals surface area contributed by atoms with E-state index in [-0.39, 0.29) is 23.0 Å². The molecule has 1 unspecified atom stereocenters. The number of aliphatic hydroxyl groups excluding tert-OH is 1. The van der Waals surface area contributed by atoms with Gasteiger partial charge >= 0.3 is 0 Å². The van der Waals surface area contributed by atoms with Crippen LogP contribution >= 0.6 is 0 Å². The van der Waals surface area contributed by atoms with E-state index < -0.39 is 6.10 Å². The molecule has 1 N–H and O–H groups in total. The van der Waals surface area contributed by atoms with E-state index in [0.29, 0.717) is 11.8 Å². The molecule has 0 saturated carbocycles. The molecule has 5 atom stereocenters. The molecule has 3 aliphatic rings. The lowest BCUT2D eigenvalue weighted by Gasteiger charge is -2.57. The van der Waals surface area contributed by atoms with Gasteiger partial charge in [-0.15, -0.1) is 6.58 Å². The fraction of sp³-hybridized carbons (Fsp3) is 0.409. The Morgan fingerprint density at radius 3 is 2.85 bits per heavy atom. The topological polar surface area (TPSA) is 33.1 Å². The molecule has 4 heterocycles. The van der Waals surface area contributed by atoms with Crippen LogP contribution in [0.25, 0.3) is 10.9 Å². The highest BCUT2D eigenvalue weighted by atomic mass is 79.9. The zero-order valence-corrected chi connectivity index (χ0v) is 16.7. The molecule has 2 aromatic rings. The van der Waals surface area contributed by atoms with Gasteiger partial charge in [-0.1, -0.05) is 30.9 Å². The summed E-state index contributed by atoms with van der Waals surface area (Å²) >= 11 is 0. The minimum absolute atomic E-state index is 0. The monoisotopic (exact) mass is 414 g/mol. The van der Waals surface area contributed by atoms with Crippen LogP contribution < -0.4 is 17.0 Å². The number of halogens is 1. The second kappa shape index (κ2) is 7.63. The first-order valence-electron chi connectivity index (χ1n) is 9.29. The number of fused-ring (bicyclic) bond motifs is 4. The lowest BCUT2D eigenvalue weighted by atomic mass is 9.71. The van der Waals surface area contributed by atoms with Crippen molar-refractivity contribution in [2.75, 3.05) is 19.6 Å². The average molecular weight is 415 g/mol. The molecule has 26 heavy (non-hydrogen) atoms. The minimum Gasteiger partial charge on any atom is -1.00 e. The number of quaternary nitrogens is 1. The summed E-state index contributed by atoms with van der Waals surface area (Å²) in [6.07, 6.45) is 7.79. The van der Waals surface area contributed by atoms with Gasteiger partial charge in [0, 0.05) is 30.3 Å². The number of nitrogens with zero attached hydrogens (tertiary/aromatic N) is 2. The number of hydrogen-bond donors (Lipinski definition) is 1. The molecule has 0 radical (unpaired) electrons. The molecule has 4 heteroatoms. The van der Waals surface area contributed by atoms with Crippen molar-refractivity contribution in [1.29, 1.82) is 0 Å². The maximum atomic E-state index is 11.4. The summed E-state index contributed by atoms with van der Waals surface area (Å²) < 4.78 is 0.939. The summed E-state index contributed by atoms with van der Waals surface area (Å²) in [4.78, 5) is 4.45. The van der Waals surface area contributed by atoms with Gasteiger partial charge in [0.25, 0.3) is 0 Å². The predicted octanol–water partition coefficient (Wildman–Crippen LogP) is 0.869. The SMILES string of the molecule is C=CC[N+]12CC[C@@H](C[C@H]1[C@H](O)c1ccnc3ccccc13)[C@@H](C=C)C2.[Br-]. The molecule has 0 spiro atoms. The highest BCUT2D eigenvalue weighted by molar-refractivity contribution is 5.82. The van der Waals surface area contributed by atoms with E-state index in [1.807, 2.05) is 36.5 Å². The van der Waals surface area contributed by atoms with E-state index in [9.17, 15) is 5.11 Å². The second-order valence-electron chi connectivity index (χ2n) is 7.71. The van der Waals surface area contributed by atoms with Gasteiger partial charge in [0.1, 0.15) is 12.1 Å². The van der Waals surface area contributed by atoms with Gasteiger partial charge in [0.15, 0.2) is 0 Å². The van der Waals surface area contributed by atoms with E-state index in [4.69, 9.17) is 0 Å². The number of piperidine rings is 3. The Kier molecular flexibility index (Phi) is 5.66. The molecule has 3 nitrogen and oxygen atoms in total. The summed E-state index contributed by atoms with van der Waals surface area (Å²) in [5, 5.41) is 12.5. The predicted molar refractivity (Wildman–Crippen MR) is 102 cm³/mol. The maximum absolute atomic E-state index is 11.4. The zero-order valence-electron chi connectivity index (χ0n) is 15.1. The van der Waals surface area contributed by atoms with Crippen LogP contribution in [-0.4, -0.2) is 40.2 Å². The largest absolute Gasteiger partial charge is 1.00 e. The number of aromatic nitrogens is 1. The summed E-state index contributed by atoms with van der Waals surface area (Å²) in [5.41, 5.74) is 1.97. The van der Waals surface area contributed by atoms with Crippen molar-refractivity contribution < 1.29 is 26.6 Å². The van der Waals surface area contributed by atoms with E-state index in [1.165, 1.54) is 6.42 Å². The van der Waals surface area contributed by atoms with E-state index >= 15 is 0 Å².